The number of hydrogen-bond donors (Lipinski definition) is 2. The number of methoxy groups -OCH3 is 1. The molecule has 0 amide bonds. The van der Waals surface area contributed by atoms with E-state index in [1.165, 1.54) is 9.09 Å². The molecule has 0 saturated carbocycles. The highest BCUT2D eigenvalue weighted by Gasteiger charge is 2.34. The molecule has 0 radical (unpaired) electrons. The first-order chi connectivity index (χ1) is 16.4. The maximum atomic E-state index is 12.1. The molecule has 1 aromatic carbocycles. The van der Waals surface area contributed by atoms with Crippen molar-refractivity contribution < 1.29 is 19.7 Å². The number of likely N-dealkylation sites (tertiary alicyclic amines) is 1. The Kier molecular flexibility index (Phi) is 8.47. The van der Waals surface area contributed by atoms with Gasteiger partial charge in [-0.05, 0) is 80.6 Å². The van der Waals surface area contributed by atoms with Crippen LogP contribution in [0.1, 0.15) is 35.8 Å². The number of ether oxygens (including phenoxy) is 1. The average Bonchev–Trinajstić information content (AvgIpc) is 3.26. The number of thioether (sulfide) groups is 1. The van der Waals surface area contributed by atoms with E-state index in [2.05, 4.69) is 28.9 Å². The van der Waals surface area contributed by atoms with Crippen LogP contribution in [0.15, 0.2) is 46.8 Å². The van der Waals surface area contributed by atoms with E-state index in [0.717, 1.165) is 47.5 Å². The van der Waals surface area contributed by atoms with Crippen LogP contribution in [0.3, 0.4) is 0 Å². The molecule has 4 rings (SSSR count). The number of hydrogen-bond acceptors (Lipinski definition) is 7. The smallest absolute Gasteiger partial charge is 0.308 e. The van der Waals surface area contributed by atoms with E-state index >= 15 is 0 Å². The van der Waals surface area contributed by atoms with E-state index in [9.17, 15) is 15.0 Å². The molecule has 182 valence electrons. The predicted octanol–water partition coefficient (Wildman–Crippen LogP) is 5.24. The highest BCUT2D eigenvalue weighted by Crippen LogP contribution is 2.34. The number of nitrogens with zero attached hydrogens (tertiary/aromatic N) is 2. The Hall–Kier alpha value is -2.13. The lowest BCUT2D eigenvalue weighted by atomic mass is 9.81. The summed E-state index contributed by atoms with van der Waals surface area (Å²) in [5.74, 6) is 0.626. The Morgan fingerprint density at radius 1 is 1.32 bits per heavy atom. The maximum Gasteiger partial charge on any atom is 0.308 e. The predicted molar refractivity (Wildman–Crippen MR) is 138 cm³/mol. The van der Waals surface area contributed by atoms with Crippen LogP contribution >= 0.6 is 23.1 Å². The van der Waals surface area contributed by atoms with Crippen LogP contribution < -0.4 is 4.74 Å². The third-order valence-electron chi connectivity index (χ3n) is 6.68. The lowest BCUT2D eigenvalue weighted by molar-refractivity contribution is -0.146. The van der Waals surface area contributed by atoms with Crippen molar-refractivity contribution in [2.75, 3.05) is 32.5 Å². The summed E-state index contributed by atoms with van der Waals surface area (Å²) in [6.07, 6.45) is 3.09. The van der Waals surface area contributed by atoms with Gasteiger partial charge in [-0.25, -0.2) is 0 Å². The Morgan fingerprint density at radius 3 is 2.91 bits per heavy atom. The van der Waals surface area contributed by atoms with Crippen LogP contribution in [0.4, 0.5) is 0 Å². The van der Waals surface area contributed by atoms with Crippen LogP contribution in [-0.4, -0.2) is 58.6 Å². The molecule has 2 N–H and O–H groups in total. The number of fused-ring (bicyclic) bond motifs is 1. The van der Waals surface area contributed by atoms with E-state index in [1.54, 1.807) is 24.6 Å². The second kappa shape index (κ2) is 11.5. The number of carbonyl (C=O) groups is 1. The van der Waals surface area contributed by atoms with Gasteiger partial charge in [-0.15, -0.1) is 23.1 Å². The van der Waals surface area contributed by atoms with Crippen molar-refractivity contribution in [3.63, 3.8) is 0 Å². The highest BCUT2D eigenvalue weighted by molar-refractivity contribution is 8.01. The number of aliphatic hydroxyl groups is 1. The summed E-state index contributed by atoms with van der Waals surface area (Å²) in [6.45, 7) is 4.49. The molecule has 8 heteroatoms. The second-order valence-corrected chi connectivity index (χ2v) is 11.6. The number of aliphatic carboxylic acids is 1. The van der Waals surface area contributed by atoms with Crippen LogP contribution in [0.5, 0.6) is 5.75 Å². The van der Waals surface area contributed by atoms with E-state index < -0.39 is 18.0 Å². The number of carboxylic acids is 1. The molecule has 34 heavy (non-hydrogen) atoms. The van der Waals surface area contributed by atoms with Crippen molar-refractivity contribution in [1.82, 2.24) is 9.88 Å². The number of aromatic nitrogens is 1. The molecular formula is C26H32N2O4S2. The van der Waals surface area contributed by atoms with Gasteiger partial charge >= 0.3 is 5.97 Å². The monoisotopic (exact) mass is 500 g/mol. The molecule has 3 heterocycles. The number of carboxylic acid groups (broad SMARTS) is 1. The first kappa shape index (κ1) is 25.0. The fourth-order valence-corrected chi connectivity index (χ4v) is 6.94. The minimum Gasteiger partial charge on any atom is -0.497 e. The SMILES string of the molecule is COc1ccc2nccc([C@@H](O)CC[C@@H]3CCN(CCSc4ccc(C)s4)C[C@@H]3C(=O)O)c2c1. The fraction of sp³-hybridized carbons (Fsp3) is 0.462. The zero-order chi connectivity index (χ0) is 24.1. The molecule has 1 fully saturated rings. The van der Waals surface area contributed by atoms with Crippen molar-refractivity contribution in [2.45, 2.75) is 36.5 Å². The molecule has 1 saturated heterocycles. The number of rotatable bonds is 10. The summed E-state index contributed by atoms with van der Waals surface area (Å²) in [6, 6.07) is 11.8. The fourth-order valence-electron chi connectivity index (χ4n) is 4.75. The molecule has 3 aromatic rings. The van der Waals surface area contributed by atoms with Gasteiger partial charge in [0.15, 0.2) is 0 Å². The minimum atomic E-state index is -0.732. The Labute approximate surface area is 209 Å². The zero-order valence-electron chi connectivity index (χ0n) is 19.6. The van der Waals surface area contributed by atoms with Crippen molar-refractivity contribution >= 4 is 40.0 Å². The Bertz CT molecular complexity index is 1120. The van der Waals surface area contributed by atoms with Gasteiger partial charge in [0.25, 0.3) is 0 Å². The molecule has 1 aliphatic rings. The van der Waals surface area contributed by atoms with Gasteiger partial charge in [-0.2, -0.15) is 0 Å². The van der Waals surface area contributed by atoms with Gasteiger partial charge in [0.05, 0.1) is 28.9 Å². The molecule has 1 aliphatic heterocycles. The summed E-state index contributed by atoms with van der Waals surface area (Å²) in [5, 5.41) is 21.8. The van der Waals surface area contributed by atoms with Gasteiger partial charge in [-0.1, -0.05) is 0 Å². The maximum absolute atomic E-state index is 12.1. The molecule has 0 unspecified atom stereocenters. The average molecular weight is 501 g/mol. The third-order valence-corrected chi connectivity index (χ3v) is 8.88. The lowest BCUT2D eigenvalue weighted by Crippen LogP contribution is -2.44. The first-order valence-corrected chi connectivity index (χ1v) is 13.5. The van der Waals surface area contributed by atoms with E-state index in [1.807, 2.05) is 36.0 Å². The van der Waals surface area contributed by atoms with Gasteiger partial charge in [0, 0.05) is 35.3 Å². The largest absolute Gasteiger partial charge is 0.497 e. The summed E-state index contributed by atoms with van der Waals surface area (Å²) < 4.78 is 6.65. The normalized spacial score (nSPS) is 19.9. The molecule has 0 spiro atoms. The molecule has 6 nitrogen and oxygen atoms in total. The second-order valence-electron chi connectivity index (χ2n) is 8.88. The van der Waals surface area contributed by atoms with Crippen LogP contribution in [0, 0.1) is 18.8 Å². The van der Waals surface area contributed by atoms with Gasteiger partial charge in [0.1, 0.15) is 5.75 Å². The number of pyridine rings is 1. The standard InChI is InChI=1S/C26H32N2O4S2/c1-17-3-8-25(34-17)33-14-13-28-12-10-18(22(16-28)26(30)31)4-7-24(29)20-9-11-27-23-6-5-19(32-2)15-21(20)23/h3,5-6,8-9,11,15,18,22,24,29H,4,7,10,12-14,16H2,1-2H3,(H,30,31)/t18-,22+,24+/m1/s1. The molecule has 0 bridgehead atoms. The van der Waals surface area contributed by atoms with Crippen molar-refractivity contribution in [2.24, 2.45) is 11.8 Å². The molecule has 3 atom stereocenters. The topological polar surface area (TPSA) is 82.9 Å². The summed E-state index contributed by atoms with van der Waals surface area (Å²) >= 11 is 3.65. The lowest BCUT2D eigenvalue weighted by Gasteiger charge is -2.36. The van der Waals surface area contributed by atoms with Crippen molar-refractivity contribution in [3.8, 4) is 5.75 Å². The van der Waals surface area contributed by atoms with Crippen LogP contribution in [-0.2, 0) is 4.79 Å². The van der Waals surface area contributed by atoms with Crippen LogP contribution in [0.25, 0.3) is 10.9 Å². The summed E-state index contributed by atoms with van der Waals surface area (Å²) in [7, 11) is 1.62. The molecule has 2 aromatic heterocycles. The Balaban J connectivity index is 1.33. The number of piperidine rings is 1. The van der Waals surface area contributed by atoms with Crippen LogP contribution in [0.2, 0.25) is 0 Å². The minimum absolute atomic E-state index is 0.0682. The summed E-state index contributed by atoms with van der Waals surface area (Å²) in [4.78, 5) is 20.0. The number of aryl methyl sites for hydroxylation is 1. The Morgan fingerprint density at radius 2 is 2.18 bits per heavy atom. The van der Waals surface area contributed by atoms with Gasteiger partial charge in [0.2, 0.25) is 0 Å². The van der Waals surface area contributed by atoms with E-state index in [4.69, 9.17) is 4.74 Å². The third kappa shape index (κ3) is 6.10. The highest BCUT2D eigenvalue weighted by atomic mass is 32.2. The van der Waals surface area contributed by atoms with E-state index in [-0.39, 0.29) is 5.92 Å². The van der Waals surface area contributed by atoms with Gasteiger partial charge < -0.3 is 19.8 Å². The molecular weight excluding hydrogens is 468 g/mol. The number of thiophene rings is 1. The number of benzene rings is 1. The quantitative estimate of drug-likeness (QED) is 0.368. The summed E-state index contributed by atoms with van der Waals surface area (Å²) in [5.41, 5.74) is 1.62. The number of aliphatic hydroxyl groups excluding tert-OH is 1. The van der Waals surface area contributed by atoms with Gasteiger partial charge in [-0.3, -0.25) is 9.78 Å². The first-order valence-electron chi connectivity index (χ1n) is 11.7. The van der Waals surface area contributed by atoms with Crippen molar-refractivity contribution in [1.29, 1.82) is 0 Å². The molecule has 0 aliphatic carbocycles. The van der Waals surface area contributed by atoms with E-state index in [0.29, 0.717) is 19.4 Å². The van der Waals surface area contributed by atoms with Crippen molar-refractivity contribution in [3.05, 3.63) is 53.0 Å². The zero-order valence-corrected chi connectivity index (χ0v) is 21.3.